The van der Waals surface area contributed by atoms with Crippen LogP contribution >= 0.6 is 11.8 Å². The molecule has 0 saturated heterocycles. The molecule has 1 N–H and O–H groups in total. The van der Waals surface area contributed by atoms with Crippen LogP contribution < -0.4 is 5.32 Å². The van der Waals surface area contributed by atoms with Gasteiger partial charge in [-0.2, -0.15) is 17.0 Å². The molecule has 0 aromatic heterocycles. The van der Waals surface area contributed by atoms with Gasteiger partial charge in [-0.3, -0.25) is 5.32 Å². The van der Waals surface area contributed by atoms with E-state index in [2.05, 4.69) is 30.1 Å². The van der Waals surface area contributed by atoms with Gasteiger partial charge in [0, 0.05) is 11.3 Å². The van der Waals surface area contributed by atoms with Crippen LogP contribution in [-0.4, -0.2) is 22.6 Å². The summed E-state index contributed by atoms with van der Waals surface area (Å²) < 4.78 is 0. The molecule has 2 aliphatic rings. The Balaban J connectivity index is 1.60. The minimum Gasteiger partial charge on any atom is -0.297 e. The van der Waals surface area contributed by atoms with E-state index >= 15 is 0 Å². The number of nitrogens with zero attached hydrogens (tertiary/aromatic N) is 1. The first-order valence-electron chi connectivity index (χ1n) is 7.02. The van der Waals surface area contributed by atoms with Crippen LogP contribution in [0.4, 0.5) is 0 Å². The summed E-state index contributed by atoms with van der Waals surface area (Å²) in [5, 5.41) is 13.6. The van der Waals surface area contributed by atoms with Gasteiger partial charge < -0.3 is 0 Å². The summed E-state index contributed by atoms with van der Waals surface area (Å²) in [5.74, 6) is 1.23. The third-order valence-electron chi connectivity index (χ3n) is 3.82. The van der Waals surface area contributed by atoms with Crippen molar-refractivity contribution in [3.8, 4) is 6.07 Å². The summed E-state index contributed by atoms with van der Waals surface area (Å²) in [6.07, 6.45) is 10.4. The van der Waals surface area contributed by atoms with E-state index in [0.717, 1.165) is 11.7 Å². The van der Waals surface area contributed by atoms with Crippen LogP contribution in [-0.2, 0) is 0 Å². The zero-order valence-corrected chi connectivity index (χ0v) is 11.7. The minimum absolute atomic E-state index is 0.280. The molecule has 0 spiro atoms. The van der Waals surface area contributed by atoms with Crippen LogP contribution in [0.3, 0.4) is 0 Å². The summed E-state index contributed by atoms with van der Waals surface area (Å²) in [6, 6.07) is 3.08. The van der Waals surface area contributed by atoms with Crippen LogP contribution in [0.25, 0.3) is 0 Å². The second-order valence-electron chi connectivity index (χ2n) is 5.74. The van der Waals surface area contributed by atoms with Gasteiger partial charge in [0.2, 0.25) is 0 Å². The Morgan fingerprint density at radius 2 is 2.00 bits per heavy atom. The molecule has 2 rings (SSSR count). The predicted octanol–water partition coefficient (Wildman–Crippen LogP) is 3.48. The Morgan fingerprint density at radius 1 is 1.29 bits per heavy atom. The molecule has 2 aliphatic carbocycles. The number of nitrogens with one attached hydrogen (secondary N) is 1. The van der Waals surface area contributed by atoms with Crippen molar-refractivity contribution in [1.29, 1.82) is 5.26 Å². The van der Waals surface area contributed by atoms with Crippen LogP contribution in [0, 0.1) is 11.3 Å². The van der Waals surface area contributed by atoms with Gasteiger partial charge in [0.05, 0.1) is 6.07 Å². The van der Waals surface area contributed by atoms with Gasteiger partial charge in [-0.1, -0.05) is 12.8 Å². The van der Waals surface area contributed by atoms with Crippen LogP contribution in [0.1, 0.15) is 58.3 Å². The highest BCUT2D eigenvalue weighted by molar-refractivity contribution is 7.99. The molecule has 0 aromatic carbocycles. The molecular weight excluding hydrogens is 228 g/mol. The second-order valence-corrected chi connectivity index (χ2v) is 7.15. The summed E-state index contributed by atoms with van der Waals surface area (Å²) in [5.41, 5.74) is -0.280. The molecule has 0 aliphatic heterocycles. The van der Waals surface area contributed by atoms with Crippen molar-refractivity contribution in [2.24, 2.45) is 0 Å². The van der Waals surface area contributed by atoms with E-state index in [0.29, 0.717) is 6.04 Å². The van der Waals surface area contributed by atoms with Crippen LogP contribution in [0.15, 0.2) is 0 Å². The van der Waals surface area contributed by atoms with Crippen molar-refractivity contribution in [2.75, 3.05) is 5.75 Å². The molecule has 2 saturated carbocycles. The lowest BCUT2D eigenvalue weighted by Crippen LogP contribution is -2.42. The van der Waals surface area contributed by atoms with Gasteiger partial charge in [0.15, 0.2) is 0 Å². The minimum atomic E-state index is -0.280. The fraction of sp³-hybridized carbons (Fsp3) is 0.929. The SMILES string of the molecule is CC(C#N)(CCCSC1CCCC1)NC1CC1. The monoisotopic (exact) mass is 252 g/mol. The van der Waals surface area contributed by atoms with Crippen molar-refractivity contribution in [3.63, 3.8) is 0 Å². The molecule has 0 heterocycles. The highest BCUT2D eigenvalue weighted by Crippen LogP contribution is 2.31. The third-order valence-corrected chi connectivity index (χ3v) is 5.29. The topological polar surface area (TPSA) is 35.8 Å². The highest BCUT2D eigenvalue weighted by atomic mass is 32.2. The molecule has 96 valence electrons. The highest BCUT2D eigenvalue weighted by Gasteiger charge is 2.32. The molecule has 0 radical (unpaired) electrons. The number of nitriles is 1. The number of hydrogen-bond acceptors (Lipinski definition) is 3. The Morgan fingerprint density at radius 3 is 2.59 bits per heavy atom. The summed E-state index contributed by atoms with van der Waals surface area (Å²) in [4.78, 5) is 0. The van der Waals surface area contributed by atoms with E-state index in [9.17, 15) is 5.26 Å². The summed E-state index contributed by atoms with van der Waals surface area (Å²) in [6.45, 7) is 2.06. The van der Waals surface area contributed by atoms with Crippen molar-refractivity contribution in [1.82, 2.24) is 5.32 Å². The first-order chi connectivity index (χ1) is 8.22. The van der Waals surface area contributed by atoms with Crippen molar-refractivity contribution >= 4 is 11.8 Å². The van der Waals surface area contributed by atoms with Crippen molar-refractivity contribution in [2.45, 2.75) is 75.1 Å². The van der Waals surface area contributed by atoms with Gasteiger partial charge in [-0.05, 0) is 51.2 Å². The molecule has 3 heteroatoms. The Labute approximate surface area is 110 Å². The number of thioether (sulfide) groups is 1. The van der Waals surface area contributed by atoms with Crippen LogP contribution in [0.2, 0.25) is 0 Å². The maximum absolute atomic E-state index is 9.25. The molecule has 1 unspecified atom stereocenters. The lowest BCUT2D eigenvalue weighted by molar-refractivity contribution is 0.411. The van der Waals surface area contributed by atoms with Crippen molar-refractivity contribution < 1.29 is 0 Å². The van der Waals surface area contributed by atoms with E-state index in [1.165, 1.54) is 50.7 Å². The maximum atomic E-state index is 9.25. The van der Waals surface area contributed by atoms with Gasteiger partial charge in [-0.25, -0.2) is 0 Å². The van der Waals surface area contributed by atoms with E-state index in [1.54, 1.807) is 0 Å². The predicted molar refractivity (Wildman–Crippen MR) is 74.1 cm³/mol. The molecular formula is C14H24N2S. The molecule has 2 nitrogen and oxygen atoms in total. The van der Waals surface area contributed by atoms with Gasteiger partial charge in [0.1, 0.15) is 5.54 Å². The third kappa shape index (κ3) is 4.52. The number of rotatable bonds is 7. The van der Waals surface area contributed by atoms with Gasteiger partial charge in [0.25, 0.3) is 0 Å². The second kappa shape index (κ2) is 6.11. The summed E-state index contributed by atoms with van der Waals surface area (Å²) >= 11 is 2.13. The standard InChI is InChI=1S/C14H24N2S/c1-14(11-15,16-12-7-8-12)9-4-10-17-13-5-2-3-6-13/h12-13,16H,2-10H2,1H3. The quantitative estimate of drug-likeness (QED) is 0.705. The lowest BCUT2D eigenvalue weighted by Gasteiger charge is -2.23. The van der Waals surface area contributed by atoms with Gasteiger partial charge >= 0.3 is 0 Å². The number of hydrogen-bond donors (Lipinski definition) is 1. The fourth-order valence-electron chi connectivity index (χ4n) is 2.57. The zero-order valence-electron chi connectivity index (χ0n) is 10.9. The Bertz CT molecular complexity index is 276. The molecule has 1 atom stereocenters. The van der Waals surface area contributed by atoms with E-state index in [1.807, 2.05) is 0 Å². The Kier molecular flexibility index (Phi) is 4.76. The first kappa shape index (κ1) is 13.2. The van der Waals surface area contributed by atoms with Crippen LogP contribution in [0.5, 0.6) is 0 Å². The first-order valence-corrected chi connectivity index (χ1v) is 8.07. The van der Waals surface area contributed by atoms with E-state index < -0.39 is 0 Å². The summed E-state index contributed by atoms with van der Waals surface area (Å²) in [7, 11) is 0. The maximum Gasteiger partial charge on any atom is 0.104 e. The molecule has 2 fully saturated rings. The van der Waals surface area contributed by atoms with Gasteiger partial charge in [-0.15, -0.1) is 0 Å². The fourth-order valence-corrected chi connectivity index (χ4v) is 3.88. The van der Waals surface area contributed by atoms with E-state index in [4.69, 9.17) is 0 Å². The molecule has 0 bridgehead atoms. The average Bonchev–Trinajstić information content (AvgIpc) is 2.97. The van der Waals surface area contributed by atoms with Crippen molar-refractivity contribution in [3.05, 3.63) is 0 Å². The molecule has 17 heavy (non-hydrogen) atoms. The normalized spacial score (nSPS) is 24.5. The average molecular weight is 252 g/mol. The Hall–Kier alpha value is -0.200. The smallest absolute Gasteiger partial charge is 0.104 e. The molecule has 0 amide bonds. The van der Waals surface area contributed by atoms with E-state index in [-0.39, 0.29) is 5.54 Å². The largest absolute Gasteiger partial charge is 0.297 e. The lowest BCUT2D eigenvalue weighted by atomic mass is 9.98. The molecule has 0 aromatic rings. The zero-order chi connectivity index (χ0) is 12.1.